The van der Waals surface area contributed by atoms with Crippen LogP contribution >= 0.6 is 0 Å². The minimum atomic E-state index is 0.394. The van der Waals surface area contributed by atoms with Crippen molar-refractivity contribution < 1.29 is 0 Å². The molecule has 0 atom stereocenters. The molecule has 0 spiro atoms. The van der Waals surface area contributed by atoms with Crippen LogP contribution in [0.3, 0.4) is 0 Å². The first-order valence-corrected chi connectivity index (χ1v) is 7.26. The van der Waals surface area contributed by atoms with Crippen LogP contribution in [0.2, 0.25) is 0 Å². The second-order valence-corrected chi connectivity index (χ2v) is 5.87. The van der Waals surface area contributed by atoms with Crippen LogP contribution in [0.5, 0.6) is 0 Å². The number of nitrogens with one attached hydrogen (secondary N) is 1. The van der Waals surface area contributed by atoms with Crippen molar-refractivity contribution in [1.82, 2.24) is 9.78 Å². The van der Waals surface area contributed by atoms with Crippen molar-refractivity contribution in [3.05, 3.63) is 46.3 Å². The molecule has 0 saturated carbocycles. The third-order valence-electron chi connectivity index (χ3n) is 3.77. The van der Waals surface area contributed by atoms with Crippen molar-refractivity contribution in [1.29, 1.82) is 0 Å². The van der Waals surface area contributed by atoms with Gasteiger partial charge in [0.1, 0.15) is 0 Å². The molecule has 108 valence electrons. The maximum Gasteiger partial charge on any atom is 0.0828 e. The van der Waals surface area contributed by atoms with E-state index in [9.17, 15) is 0 Å². The maximum atomic E-state index is 4.61. The Balaban J connectivity index is 2.19. The van der Waals surface area contributed by atoms with Gasteiger partial charge in [0.2, 0.25) is 0 Å². The van der Waals surface area contributed by atoms with Crippen LogP contribution in [0.15, 0.2) is 18.2 Å². The highest BCUT2D eigenvalue weighted by atomic mass is 15.3. The molecule has 0 amide bonds. The Labute approximate surface area is 122 Å². The summed E-state index contributed by atoms with van der Waals surface area (Å²) in [5.74, 6) is 0. The van der Waals surface area contributed by atoms with Crippen LogP contribution in [0.25, 0.3) is 0 Å². The van der Waals surface area contributed by atoms with Crippen LogP contribution < -0.4 is 5.32 Å². The normalized spacial score (nSPS) is 11.2. The first-order chi connectivity index (χ1) is 9.40. The SMILES string of the molecule is Cc1ccc(CNc2c(C)nn(C(C)C)c2C)c(C)c1. The van der Waals surface area contributed by atoms with Gasteiger partial charge in [-0.3, -0.25) is 4.68 Å². The van der Waals surface area contributed by atoms with Gasteiger partial charge < -0.3 is 5.32 Å². The smallest absolute Gasteiger partial charge is 0.0828 e. The lowest BCUT2D eigenvalue weighted by atomic mass is 10.1. The van der Waals surface area contributed by atoms with Gasteiger partial charge in [0.05, 0.1) is 17.1 Å². The highest BCUT2D eigenvalue weighted by Gasteiger charge is 2.13. The van der Waals surface area contributed by atoms with E-state index in [2.05, 4.69) is 74.8 Å². The molecule has 0 aliphatic carbocycles. The van der Waals surface area contributed by atoms with Crippen molar-refractivity contribution in [3.63, 3.8) is 0 Å². The third kappa shape index (κ3) is 2.87. The van der Waals surface area contributed by atoms with Crippen LogP contribution in [0, 0.1) is 27.7 Å². The molecule has 0 bridgehead atoms. The van der Waals surface area contributed by atoms with Gasteiger partial charge >= 0.3 is 0 Å². The van der Waals surface area contributed by atoms with E-state index in [1.807, 2.05) is 0 Å². The van der Waals surface area contributed by atoms with Crippen molar-refractivity contribution >= 4 is 5.69 Å². The Bertz CT molecular complexity index is 609. The second-order valence-electron chi connectivity index (χ2n) is 5.87. The Morgan fingerprint density at radius 3 is 2.40 bits per heavy atom. The highest BCUT2D eigenvalue weighted by molar-refractivity contribution is 5.52. The molecule has 3 heteroatoms. The summed E-state index contributed by atoms with van der Waals surface area (Å²) in [6, 6.07) is 7.00. The Morgan fingerprint density at radius 2 is 1.85 bits per heavy atom. The lowest BCUT2D eigenvalue weighted by molar-refractivity contribution is 0.516. The summed E-state index contributed by atoms with van der Waals surface area (Å²) in [5.41, 5.74) is 7.43. The molecular formula is C17H25N3. The van der Waals surface area contributed by atoms with Gasteiger partial charge in [0, 0.05) is 12.6 Å². The molecule has 3 nitrogen and oxygen atoms in total. The molecule has 0 fully saturated rings. The summed E-state index contributed by atoms with van der Waals surface area (Å²) in [6.45, 7) is 13.7. The van der Waals surface area contributed by atoms with E-state index in [1.54, 1.807) is 0 Å². The molecule has 20 heavy (non-hydrogen) atoms. The lowest BCUT2D eigenvalue weighted by Crippen LogP contribution is -2.06. The predicted molar refractivity (Wildman–Crippen MR) is 85.3 cm³/mol. The van der Waals surface area contributed by atoms with E-state index in [4.69, 9.17) is 0 Å². The average Bonchev–Trinajstić information content (AvgIpc) is 2.65. The van der Waals surface area contributed by atoms with E-state index in [0.717, 1.165) is 12.2 Å². The molecule has 1 aromatic heterocycles. The molecule has 0 radical (unpaired) electrons. The summed E-state index contributed by atoms with van der Waals surface area (Å²) < 4.78 is 2.08. The van der Waals surface area contributed by atoms with E-state index in [1.165, 1.54) is 28.1 Å². The van der Waals surface area contributed by atoms with Gasteiger partial charge in [-0.1, -0.05) is 23.8 Å². The molecule has 0 saturated heterocycles. The van der Waals surface area contributed by atoms with Gasteiger partial charge in [-0.25, -0.2) is 0 Å². The zero-order valence-electron chi connectivity index (χ0n) is 13.4. The fraction of sp³-hybridized carbons (Fsp3) is 0.471. The zero-order valence-corrected chi connectivity index (χ0v) is 13.4. The van der Waals surface area contributed by atoms with Gasteiger partial charge in [0.25, 0.3) is 0 Å². The number of aromatic nitrogens is 2. The molecule has 2 rings (SSSR count). The van der Waals surface area contributed by atoms with Crippen LogP contribution in [0.1, 0.15) is 48.0 Å². The van der Waals surface area contributed by atoms with E-state index < -0.39 is 0 Å². The molecule has 0 unspecified atom stereocenters. The molecule has 0 aliphatic heterocycles. The monoisotopic (exact) mass is 271 g/mol. The van der Waals surface area contributed by atoms with Crippen LogP contribution in [0.4, 0.5) is 5.69 Å². The molecule has 1 N–H and O–H groups in total. The summed E-state index contributed by atoms with van der Waals surface area (Å²) in [7, 11) is 0. The van der Waals surface area contributed by atoms with Crippen LogP contribution in [-0.2, 0) is 6.54 Å². The quantitative estimate of drug-likeness (QED) is 0.898. The largest absolute Gasteiger partial charge is 0.378 e. The van der Waals surface area contributed by atoms with E-state index >= 15 is 0 Å². The molecular weight excluding hydrogens is 246 g/mol. The Hall–Kier alpha value is -1.77. The molecule has 0 aliphatic rings. The molecule has 2 aromatic rings. The highest BCUT2D eigenvalue weighted by Crippen LogP contribution is 2.23. The predicted octanol–water partition coefficient (Wildman–Crippen LogP) is 4.31. The maximum absolute atomic E-state index is 4.61. The lowest BCUT2D eigenvalue weighted by Gasteiger charge is -2.11. The zero-order chi connectivity index (χ0) is 14.9. The summed E-state index contributed by atoms with van der Waals surface area (Å²) >= 11 is 0. The first kappa shape index (κ1) is 14.6. The van der Waals surface area contributed by atoms with E-state index in [-0.39, 0.29) is 0 Å². The fourth-order valence-corrected chi connectivity index (χ4v) is 2.65. The topological polar surface area (TPSA) is 29.9 Å². The standard InChI is InChI=1S/C17H25N3/c1-11(2)20-15(6)17(14(5)19-20)18-10-16-8-7-12(3)9-13(16)4/h7-9,11,18H,10H2,1-6H3. The minimum absolute atomic E-state index is 0.394. The summed E-state index contributed by atoms with van der Waals surface area (Å²) in [6.07, 6.45) is 0. The van der Waals surface area contributed by atoms with Crippen LogP contribution in [-0.4, -0.2) is 9.78 Å². The number of aryl methyl sites for hydroxylation is 3. The number of hydrogen-bond donors (Lipinski definition) is 1. The number of anilines is 1. The Morgan fingerprint density at radius 1 is 1.15 bits per heavy atom. The summed E-state index contributed by atoms with van der Waals surface area (Å²) in [5, 5.41) is 8.16. The summed E-state index contributed by atoms with van der Waals surface area (Å²) in [4.78, 5) is 0. The average molecular weight is 271 g/mol. The third-order valence-corrected chi connectivity index (χ3v) is 3.77. The molecule has 1 aromatic carbocycles. The van der Waals surface area contributed by atoms with Gasteiger partial charge in [-0.05, 0) is 52.7 Å². The number of nitrogens with zero attached hydrogens (tertiary/aromatic N) is 2. The molecule has 1 heterocycles. The second kappa shape index (κ2) is 5.70. The van der Waals surface area contributed by atoms with Gasteiger partial charge in [-0.2, -0.15) is 5.10 Å². The Kier molecular flexibility index (Phi) is 4.17. The number of benzene rings is 1. The first-order valence-electron chi connectivity index (χ1n) is 7.26. The number of rotatable bonds is 4. The minimum Gasteiger partial charge on any atom is -0.378 e. The number of hydrogen-bond acceptors (Lipinski definition) is 2. The van der Waals surface area contributed by atoms with E-state index in [0.29, 0.717) is 6.04 Å². The van der Waals surface area contributed by atoms with Gasteiger partial charge in [0.15, 0.2) is 0 Å². The fourth-order valence-electron chi connectivity index (χ4n) is 2.65. The van der Waals surface area contributed by atoms with Crippen molar-refractivity contribution in [3.8, 4) is 0 Å². The van der Waals surface area contributed by atoms with Crippen molar-refractivity contribution in [2.45, 2.75) is 54.1 Å². The van der Waals surface area contributed by atoms with Crippen molar-refractivity contribution in [2.24, 2.45) is 0 Å². The van der Waals surface area contributed by atoms with Crippen molar-refractivity contribution in [2.75, 3.05) is 5.32 Å². The van der Waals surface area contributed by atoms with Gasteiger partial charge in [-0.15, -0.1) is 0 Å².